The smallest absolute Gasteiger partial charge is 0.216 e. The Balaban J connectivity index is 2.96. The van der Waals surface area contributed by atoms with Gasteiger partial charge in [0.1, 0.15) is 0 Å². The zero-order chi connectivity index (χ0) is 11.5. The molecule has 0 aliphatic carbocycles. The van der Waals surface area contributed by atoms with Crippen molar-refractivity contribution in [3.05, 3.63) is 0 Å². The summed E-state index contributed by atoms with van der Waals surface area (Å²) in [4.78, 5) is 10.5. The summed E-state index contributed by atoms with van der Waals surface area (Å²) in [5.74, 6) is 2.74. The first-order valence-corrected chi connectivity index (χ1v) is 6.68. The van der Waals surface area contributed by atoms with Crippen LogP contribution in [0.5, 0.6) is 0 Å². The number of nitrogens with one attached hydrogen (secondary N) is 1. The number of carbonyl (C=O) groups excluding carboxylic acids is 1. The number of hydrogen-bond donors (Lipinski definition) is 1. The second kappa shape index (κ2) is 10.3. The third-order valence-corrected chi connectivity index (χ3v) is 2.78. The Morgan fingerprint density at radius 2 is 2.07 bits per heavy atom. The van der Waals surface area contributed by atoms with Crippen molar-refractivity contribution in [1.29, 1.82) is 0 Å². The summed E-state index contributed by atoms with van der Waals surface area (Å²) in [6, 6.07) is 0. The number of carbonyl (C=O) groups is 1. The van der Waals surface area contributed by atoms with E-state index >= 15 is 0 Å². The van der Waals surface area contributed by atoms with E-state index in [1.54, 1.807) is 6.92 Å². The number of rotatable bonds is 9. The molecule has 0 fully saturated rings. The fourth-order valence-corrected chi connectivity index (χ4v) is 1.63. The molecule has 0 unspecified atom stereocenters. The van der Waals surface area contributed by atoms with Gasteiger partial charge in [-0.25, -0.2) is 0 Å². The summed E-state index contributed by atoms with van der Waals surface area (Å²) in [6.45, 7) is 8.38. The van der Waals surface area contributed by atoms with Crippen molar-refractivity contribution in [2.75, 3.05) is 31.3 Å². The Morgan fingerprint density at radius 1 is 1.33 bits per heavy atom. The molecule has 3 nitrogen and oxygen atoms in total. The molecular formula is C11H23NO2S. The topological polar surface area (TPSA) is 38.3 Å². The first-order valence-electron chi connectivity index (χ1n) is 5.53. The van der Waals surface area contributed by atoms with Crippen molar-refractivity contribution in [2.45, 2.75) is 27.2 Å². The number of thioether (sulfide) groups is 1. The van der Waals surface area contributed by atoms with E-state index in [4.69, 9.17) is 4.74 Å². The van der Waals surface area contributed by atoms with Crippen LogP contribution in [0, 0.1) is 5.92 Å². The third kappa shape index (κ3) is 13.8. The molecule has 90 valence electrons. The Morgan fingerprint density at radius 3 is 2.67 bits per heavy atom. The van der Waals surface area contributed by atoms with Gasteiger partial charge in [-0.1, -0.05) is 13.8 Å². The van der Waals surface area contributed by atoms with Gasteiger partial charge in [-0.2, -0.15) is 11.8 Å². The Bertz CT molecular complexity index is 163. The summed E-state index contributed by atoms with van der Waals surface area (Å²) in [5.41, 5.74) is 0. The van der Waals surface area contributed by atoms with Crippen LogP contribution in [-0.2, 0) is 9.53 Å². The molecule has 4 heteroatoms. The van der Waals surface area contributed by atoms with Crippen LogP contribution in [0.1, 0.15) is 27.2 Å². The molecule has 0 atom stereocenters. The minimum Gasteiger partial charge on any atom is -0.381 e. The molecule has 0 saturated heterocycles. The third-order valence-electron chi connectivity index (χ3n) is 1.83. The first kappa shape index (κ1) is 14.8. The van der Waals surface area contributed by atoms with Gasteiger partial charge in [0, 0.05) is 31.6 Å². The predicted octanol–water partition coefficient (Wildman–Crippen LogP) is 1.92. The molecule has 0 aromatic heterocycles. The summed E-state index contributed by atoms with van der Waals surface area (Å²) >= 11 is 1.81. The lowest BCUT2D eigenvalue weighted by Gasteiger charge is -2.06. The summed E-state index contributed by atoms with van der Waals surface area (Å²) < 4.78 is 5.46. The molecule has 1 amide bonds. The quantitative estimate of drug-likeness (QED) is 0.618. The highest BCUT2D eigenvalue weighted by atomic mass is 32.2. The minimum atomic E-state index is 0.0452. The van der Waals surface area contributed by atoms with Crippen LogP contribution in [-0.4, -0.2) is 37.2 Å². The summed E-state index contributed by atoms with van der Waals surface area (Å²) in [7, 11) is 0. The first-order chi connectivity index (χ1) is 7.13. The van der Waals surface area contributed by atoms with Crippen LogP contribution >= 0.6 is 11.8 Å². The normalized spacial score (nSPS) is 10.7. The van der Waals surface area contributed by atoms with Crippen molar-refractivity contribution >= 4 is 17.7 Å². The highest BCUT2D eigenvalue weighted by Gasteiger charge is 1.95. The Kier molecular flexibility index (Phi) is 10.2. The van der Waals surface area contributed by atoms with Gasteiger partial charge in [0.25, 0.3) is 0 Å². The molecule has 0 spiro atoms. The van der Waals surface area contributed by atoms with Crippen LogP contribution < -0.4 is 5.32 Å². The van der Waals surface area contributed by atoms with E-state index in [-0.39, 0.29) is 5.91 Å². The zero-order valence-corrected chi connectivity index (χ0v) is 10.9. The van der Waals surface area contributed by atoms with Gasteiger partial charge in [-0.15, -0.1) is 0 Å². The average molecular weight is 233 g/mol. The minimum absolute atomic E-state index is 0.0452. The van der Waals surface area contributed by atoms with Gasteiger partial charge in [0.05, 0.1) is 6.61 Å². The molecule has 0 saturated carbocycles. The summed E-state index contributed by atoms with van der Waals surface area (Å²) in [6.07, 6.45) is 1.14. The lowest BCUT2D eigenvalue weighted by Crippen LogP contribution is -2.22. The second-order valence-electron chi connectivity index (χ2n) is 3.89. The maximum atomic E-state index is 10.5. The molecule has 0 aliphatic heterocycles. The molecule has 0 aromatic rings. The molecule has 15 heavy (non-hydrogen) atoms. The van der Waals surface area contributed by atoms with Gasteiger partial charge in [-0.05, 0) is 12.3 Å². The van der Waals surface area contributed by atoms with Crippen molar-refractivity contribution < 1.29 is 9.53 Å². The highest BCUT2D eigenvalue weighted by Crippen LogP contribution is 2.01. The molecule has 0 radical (unpaired) electrons. The van der Waals surface area contributed by atoms with Gasteiger partial charge in [-0.3, -0.25) is 4.79 Å². The van der Waals surface area contributed by atoms with E-state index in [2.05, 4.69) is 19.2 Å². The summed E-state index contributed by atoms with van der Waals surface area (Å²) in [5, 5.41) is 2.76. The van der Waals surface area contributed by atoms with Crippen molar-refractivity contribution in [1.82, 2.24) is 5.32 Å². The van der Waals surface area contributed by atoms with Crippen LogP contribution in [0.2, 0.25) is 0 Å². The molecular weight excluding hydrogens is 210 g/mol. The zero-order valence-electron chi connectivity index (χ0n) is 10.0. The molecule has 0 rings (SSSR count). The highest BCUT2D eigenvalue weighted by molar-refractivity contribution is 7.99. The lowest BCUT2D eigenvalue weighted by molar-refractivity contribution is -0.118. The number of amides is 1. The Hall–Kier alpha value is -0.220. The number of ether oxygens (including phenoxy) is 1. The van der Waals surface area contributed by atoms with E-state index in [9.17, 15) is 4.79 Å². The monoisotopic (exact) mass is 233 g/mol. The maximum Gasteiger partial charge on any atom is 0.216 e. The van der Waals surface area contributed by atoms with Gasteiger partial charge in [0.2, 0.25) is 5.91 Å². The van der Waals surface area contributed by atoms with Crippen LogP contribution in [0.15, 0.2) is 0 Å². The molecule has 1 N–H and O–H groups in total. The van der Waals surface area contributed by atoms with E-state index in [1.807, 2.05) is 11.8 Å². The molecule has 0 aliphatic rings. The van der Waals surface area contributed by atoms with Gasteiger partial charge < -0.3 is 10.1 Å². The van der Waals surface area contributed by atoms with Crippen LogP contribution in [0.25, 0.3) is 0 Å². The van der Waals surface area contributed by atoms with E-state index in [0.29, 0.717) is 0 Å². The van der Waals surface area contributed by atoms with Gasteiger partial charge >= 0.3 is 0 Å². The average Bonchev–Trinajstić information content (AvgIpc) is 2.14. The van der Waals surface area contributed by atoms with Crippen molar-refractivity contribution in [3.8, 4) is 0 Å². The van der Waals surface area contributed by atoms with E-state index in [1.165, 1.54) is 0 Å². The van der Waals surface area contributed by atoms with E-state index < -0.39 is 0 Å². The van der Waals surface area contributed by atoms with Crippen LogP contribution in [0.4, 0.5) is 0 Å². The lowest BCUT2D eigenvalue weighted by atomic mass is 10.1. The SMILES string of the molecule is CC(=O)NCCSCCOCCC(C)C. The second-order valence-corrected chi connectivity index (χ2v) is 5.11. The standard InChI is InChI=1S/C11H23NO2S/c1-10(2)4-6-14-7-9-15-8-5-12-11(3)13/h10H,4-9H2,1-3H3,(H,12,13). The van der Waals surface area contributed by atoms with Crippen molar-refractivity contribution in [2.24, 2.45) is 5.92 Å². The predicted molar refractivity (Wildman–Crippen MR) is 66.3 cm³/mol. The molecule has 0 aromatic carbocycles. The maximum absolute atomic E-state index is 10.5. The largest absolute Gasteiger partial charge is 0.381 e. The molecule has 0 heterocycles. The van der Waals surface area contributed by atoms with Crippen molar-refractivity contribution in [3.63, 3.8) is 0 Å². The fraction of sp³-hybridized carbons (Fsp3) is 0.909. The van der Waals surface area contributed by atoms with E-state index in [0.717, 1.165) is 43.6 Å². The number of hydrogen-bond acceptors (Lipinski definition) is 3. The van der Waals surface area contributed by atoms with Gasteiger partial charge in [0.15, 0.2) is 0 Å². The molecule has 0 bridgehead atoms. The Labute approximate surface area is 97.3 Å². The van der Waals surface area contributed by atoms with Crippen LogP contribution in [0.3, 0.4) is 0 Å². The fourth-order valence-electron chi connectivity index (χ4n) is 0.940.